The van der Waals surface area contributed by atoms with Crippen molar-refractivity contribution in [1.82, 2.24) is 0 Å². The fourth-order valence-corrected chi connectivity index (χ4v) is 2.31. The van der Waals surface area contributed by atoms with E-state index in [1.165, 1.54) is 14.2 Å². The van der Waals surface area contributed by atoms with Gasteiger partial charge in [-0.15, -0.1) is 0 Å². The van der Waals surface area contributed by atoms with Crippen LogP contribution in [0.4, 0.5) is 0 Å². The number of hydrogen-bond acceptors (Lipinski definition) is 4. The van der Waals surface area contributed by atoms with Gasteiger partial charge in [-0.05, 0) is 37.1 Å². The molecule has 0 fully saturated rings. The van der Waals surface area contributed by atoms with Crippen LogP contribution in [-0.4, -0.2) is 24.4 Å². The van der Waals surface area contributed by atoms with Crippen LogP contribution >= 0.6 is 0 Å². The molecule has 2 aromatic carbocycles. The molecular weight excluding hydrogens is 256 g/mol. The zero-order valence-corrected chi connectivity index (χ0v) is 12.0. The molecule has 0 saturated carbocycles. The van der Waals surface area contributed by atoms with E-state index in [-0.39, 0.29) is 11.5 Å². The maximum atomic E-state index is 10.4. The Morgan fingerprint density at radius 1 is 0.700 bits per heavy atom. The molecule has 0 aromatic heterocycles. The van der Waals surface area contributed by atoms with Gasteiger partial charge in [0.25, 0.3) is 0 Å². The molecule has 0 amide bonds. The first-order valence-electron chi connectivity index (χ1n) is 6.24. The molecule has 20 heavy (non-hydrogen) atoms. The Bertz CT molecular complexity index is 590. The lowest BCUT2D eigenvalue weighted by Crippen LogP contribution is -1.94. The molecule has 0 radical (unpaired) electrons. The highest BCUT2D eigenvalue weighted by molar-refractivity contribution is 5.84. The number of aryl methyl sites for hydroxylation is 2. The highest BCUT2D eigenvalue weighted by atomic mass is 16.5. The van der Waals surface area contributed by atoms with Crippen molar-refractivity contribution in [3.05, 3.63) is 35.4 Å². The number of rotatable bonds is 3. The predicted molar refractivity (Wildman–Crippen MR) is 77.8 cm³/mol. The first-order valence-corrected chi connectivity index (χ1v) is 6.24. The van der Waals surface area contributed by atoms with Crippen LogP contribution in [0.3, 0.4) is 0 Å². The largest absolute Gasteiger partial charge is 0.504 e. The van der Waals surface area contributed by atoms with Gasteiger partial charge in [0, 0.05) is 11.1 Å². The summed E-state index contributed by atoms with van der Waals surface area (Å²) in [6.45, 7) is 3.74. The van der Waals surface area contributed by atoms with E-state index in [4.69, 9.17) is 9.47 Å². The van der Waals surface area contributed by atoms with Crippen LogP contribution < -0.4 is 9.47 Å². The zero-order chi connectivity index (χ0) is 14.9. The number of methoxy groups -OCH3 is 2. The van der Waals surface area contributed by atoms with Gasteiger partial charge < -0.3 is 19.7 Å². The summed E-state index contributed by atoms with van der Waals surface area (Å²) < 4.78 is 10.3. The summed E-state index contributed by atoms with van der Waals surface area (Å²) in [5.74, 6) is 0.762. The Morgan fingerprint density at radius 3 is 1.35 bits per heavy atom. The molecule has 106 valence electrons. The second kappa shape index (κ2) is 5.33. The molecule has 2 rings (SSSR count). The lowest BCUT2D eigenvalue weighted by molar-refractivity contribution is 0.370. The first kappa shape index (κ1) is 14.1. The maximum Gasteiger partial charge on any atom is 0.166 e. The number of benzene rings is 2. The molecule has 0 bridgehead atoms. The molecule has 0 aliphatic heterocycles. The van der Waals surface area contributed by atoms with Crippen molar-refractivity contribution in [2.45, 2.75) is 13.8 Å². The maximum absolute atomic E-state index is 10.4. The van der Waals surface area contributed by atoms with Gasteiger partial charge in [0.1, 0.15) is 0 Å². The minimum atomic E-state index is 0.0131. The van der Waals surface area contributed by atoms with Crippen molar-refractivity contribution in [2.75, 3.05) is 14.2 Å². The van der Waals surface area contributed by atoms with Gasteiger partial charge in [0.05, 0.1) is 14.2 Å². The topological polar surface area (TPSA) is 58.9 Å². The molecule has 2 N–H and O–H groups in total. The third kappa shape index (κ3) is 2.13. The van der Waals surface area contributed by atoms with Crippen LogP contribution in [0.15, 0.2) is 24.3 Å². The summed E-state index contributed by atoms with van der Waals surface area (Å²) in [5.41, 5.74) is 2.79. The SMILES string of the molecule is COc1ccc(C)c(-c2c(C)ccc(OC)c2O)c1O. The van der Waals surface area contributed by atoms with Gasteiger partial charge >= 0.3 is 0 Å². The Labute approximate surface area is 118 Å². The van der Waals surface area contributed by atoms with E-state index in [0.717, 1.165) is 11.1 Å². The zero-order valence-electron chi connectivity index (χ0n) is 12.0. The smallest absolute Gasteiger partial charge is 0.166 e. The van der Waals surface area contributed by atoms with Crippen molar-refractivity contribution in [1.29, 1.82) is 0 Å². The van der Waals surface area contributed by atoms with Gasteiger partial charge in [-0.2, -0.15) is 0 Å². The van der Waals surface area contributed by atoms with E-state index in [2.05, 4.69) is 0 Å². The fourth-order valence-electron chi connectivity index (χ4n) is 2.31. The number of phenolic OH excluding ortho intramolecular Hbond substituents is 2. The van der Waals surface area contributed by atoms with Crippen LogP contribution in [-0.2, 0) is 0 Å². The third-order valence-corrected chi connectivity index (χ3v) is 3.39. The van der Waals surface area contributed by atoms with Crippen LogP contribution in [0.5, 0.6) is 23.0 Å². The van der Waals surface area contributed by atoms with Crippen LogP contribution in [0.2, 0.25) is 0 Å². The number of hydrogen-bond donors (Lipinski definition) is 2. The molecule has 0 atom stereocenters. The second-order valence-corrected chi connectivity index (χ2v) is 4.62. The van der Waals surface area contributed by atoms with Crippen molar-refractivity contribution in [3.8, 4) is 34.1 Å². The summed E-state index contributed by atoms with van der Waals surface area (Å²) in [6, 6.07) is 7.07. The van der Waals surface area contributed by atoms with E-state index in [9.17, 15) is 10.2 Å². The van der Waals surface area contributed by atoms with Crippen molar-refractivity contribution >= 4 is 0 Å². The molecule has 0 aliphatic carbocycles. The van der Waals surface area contributed by atoms with Gasteiger partial charge in [-0.3, -0.25) is 0 Å². The third-order valence-electron chi connectivity index (χ3n) is 3.39. The summed E-state index contributed by atoms with van der Waals surface area (Å²) in [4.78, 5) is 0. The van der Waals surface area contributed by atoms with Gasteiger partial charge in [0.15, 0.2) is 23.0 Å². The molecule has 0 heterocycles. The monoisotopic (exact) mass is 274 g/mol. The molecule has 4 heteroatoms. The number of phenols is 2. The number of aromatic hydroxyl groups is 2. The minimum Gasteiger partial charge on any atom is -0.504 e. The Morgan fingerprint density at radius 2 is 1.05 bits per heavy atom. The molecular formula is C16H18O4. The van der Waals surface area contributed by atoms with Gasteiger partial charge in [-0.25, -0.2) is 0 Å². The van der Waals surface area contributed by atoms with Crippen LogP contribution in [0, 0.1) is 13.8 Å². The van der Waals surface area contributed by atoms with E-state index < -0.39 is 0 Å². The average molecular weight is 274 g/mol. The lowest BCUT2D eigenvalue weighted by Gasteiger charge is -2.17. The lowest BCUT2D eigenvalue weighted by atomic mass is 9.94. The highest BCUT2D eigenvalue weighted by Crippen LogP contribution is 2.47. The molecule has 2 aromatic rings. The predicted octanol–water partition coefficient (Wildman–Crippen LogP) is 3.40. The standard InChI is InChI=1S/C16H18O4/c1-9-5-7-11(19-3)15(17)13(9)14-10(2)6-8-12(20-4)16(14)18/h5-8,17-18H,1-4H3. The molecule has 0 unspecified atom stereocenters. The van der Waals surface area contributed by atoms with Crippen LogP contribution in [0.1, 0.15) is 11.1 Å². The Hall–Kier alpha value is -2.36. The molecule has 4 nitrogen and oxygen atoms in total. The average Bonchev–Trinajstić information content (AvgIpc) is 2.42. The first-order chi connectivity index (χ1) is 9.51. The second-order valence-electron chi connectivity index (χ2n) is 4.62. The summed E-state index contributed by atoms with van der Waals surface area (Å²) in [7, 11) is 2.99. The Kier molecular flexibility index (Phi) is 3.74. The summed E-state index contributed by atoms with van der Waals surface area (Å²) in [5, 5.41) is 20.7. The van der Waals surface area contributed by atoms with Crippen molar-refractivity contribution in [2.24, 2.45) is 0 Å². The summed E-state index contributed by atoms with van der Waals surface area (Å²) >= 11 is 0. The quantitative estimate of drug-likeness (QED) is 0.900. The fraction of sp³-hybridized carbons (Fsp3) is 0.250. The summed E-state index contributed by atoms with van der Waals surface area (Å²) in [6.07, 6.45) is 0. The Balaban J connectivity index is 2.81. The minimum absolute atomic E-state index is 0.0131. The van der Waals surface area contributed by atoms with Crippen LogP contribution in [0.25, 0.3) is 11.1 Å². The highest BCUT2D eigenvalue weighted by Gasteiger charge is 2.20. The molecule has 0 spiro atoms. The van der Waals surface area contributed by atoms with E-state index in [0.29, 0.717) is 22.6 Å². The normalized spacial score (nSPS) is 10.4. The van der Waals surface area contributed by atoms with Gasteiger partial charge in [0.2, 0.25) is 0 Å². The van der Waals surface area contributed by atoms with Gasteiger partial charge in [-0.1, -0.05) is 12.1 Å². The van der Waals surface area contributed by atoms with E-state index in [1.54, 1.807) is 12.1 Å². The molecule has 0 aliphatic rings. The molecule has 0 saturated heterocycles. The van der Waals surface area contributed by atoms with E-state index >= 15 is 0 Å². The van der Waals surface area contributed by atoms with E-state index in [1.807, 2.05) is 26.0 Å². The van der Waals surface area contributed by atoms with Crippen molar-refractivity contribution < 1.29 is 19.7 Å². The van der Waals surface area contributed by atoms with Crippen molar-refractivity contribution in [3.63, 3.8) is 0 Å². The number of ether oxygens (including phenoxy) is 2.